The fourth-order valence-electron chi connectivity index (χ4n) is 2.58. The Morgan fingerprint density at radius 2 is 1.88 bits per heavy atom. The first kappa shape index (κ1) is 20.2. The van der Waals surface area contributed by atoms with Crippen molar-refractivity contribution in [3.8, 4) is 0 Å². The zero-order valence-corrected chi connectivity index (χ0v) is 15.0. The number of urea groups is 1. The second-order valence-electron chi connectivity index (χ2n) is 5.79. The number of aromatic nitrogens is 1. The lowest BCUT2D eigenvalue weighted by atomic mass is 10.2. The average Bonchev–Trinajstić information content (AvgIpc) is 2.60. The number of carbonyl (C=O) groups is 2. The van der Waals surface area contributed by atoms with Crippen molar-refractivity contribution in [2.75, 3.05) is 38.1 Å². The van der Waals surface area contributed by atoms with Crippen LogP contribution in [0.5, 0.6) is 0 Å². The van der Waals surface area contributed by atoms with Crippen molar-refractivity contribution in [1.29, 1.82) is 0 Å². The van der Waals surface area contributed by atoms with Gasteiger partial charge in [-0.1, -0.05) is 11.6 Å². The molecule has 26 heavy (non-hydrogen) atoms. The summed E-state index contributed by atoms with van der Waals surface area (Å²) in [5.41, 5.74) is -0.899. The number of hydrogen-bond donors (Lipinski definition) is 2. The highest BCUT2D eigenvalue weighted by atomic mass is 35.5. The fourth-order valence-corrected chi connectivity index (χ4v) is 2.87. The lowest BCUT2D eigenvalue weighted by molar-refractivity contribution is -0.137. The maximum atomic E-state index is 12.7. The molecule has 1 fully saturated rings. The molecule has 1 aromatic rings. The van der Waals surface area contributed by atoms with Crippen LogP contribution in [0.2, 0.25) is 5.02 Å². The van der Waals surface area contributed by atoms with E-state index < -0.39 is 29.7 Å². The average molecular weight is 394 g/mol. The molecule has 1 aliphatic rings. The van der Waals surface area contributed by atoms with E-state index in [-0.39, 0.29) is 10.8 Å². The molecule has 2 rings (SSSR count). The highest BCUT2D eigenvalue weighted by molar-refractivity contribution is 6.33. The second-order valence-corrected chi connectivity index (χ2v) is 6.20. The highest BCUT2D eigenvalue weighted by Crippen LogP contribution is 2.33. The Morgan fingerprint density at radius 3 is 2.38 bits per heavy atom. The molecule has 1 saturated heterocycles. The van der Waals surface area contributed by atoms with E-state index in [0.29, 0.717) is 26.2 Å². The van der Waals surface area contributed by atoms with Crippen LogP contribution in [-0.2, 0) is 11.0 Å². The van der Waals surface area contributed by atoms with Crippen molar-refractivity contribution in [1.82, 2.24) is 20.5 Å². The van der Waals surface area contributed by atoms with Gasteiger partial charge in [0, 0.05) is 39.4 Å². The summed E-state index contributed by atoms with van der Waals surface area (Å²) in [5, 5.41) is 4.45. The third kappa shape index (κ3) is 4.76. The second kappa shape index (κ2) is 8.09. The Labute approximate surface area is 153 Å². The minimum atomic E-state index is -4.50. The van der Waals surface area contributed by atoms with E-state index in [1.54, 1.807) is 11.8 Å². The molecule has 0 bridgehead atoms. The number of nitrogens with zero attached hydrogens (tertiary/aromatic N) is 3. The largest absolute Gasteiger partial charge is 0.417 e. The van der Waals surface area contributed by atoms with Crippen LogP contribution in [0.3, 0.4) is 0 Å². The number of nitrogens with one attached hydrogen (secondary N) is 2. The minimum absolute atomic E-state index is 0.0707. The van der Waals surface area contributed by atoms with Gasteiger partial charge in [-0.2, -0.15) is 13.2 Å². The van der Waals surface area contributed by atoms with Crippen LogP contribution in [0, 0.1) is 0 Å². The van der Waals surface area contributed by atoms with Gasteiger partial charge in [0.2, 0.25) is 5.91 Å². The predicted octanol–water partition coefficient (Wildman–Crippen LogP) is 1.72. The molecule has 0 radical (unpaired) electrons. The number of anilines is 1. The van der Waals surface area contributed by atoms with Crippen LogP contribution in [0.4, 0.5) is 23.8 Å². The summed E-state index contributed by atoms with van der Waals surface area (Å²) in [6.45, 7) is 3.51. The molecular formula is C15H19ClF3N5O2. The Hall–Kier alpha value is -2.07. The molecule has 11 heteroatoms. The first-order chi connectivity index (χ1) is 12.1. The van der Waals surface area contributed by atoms with E-state index in [4.69, 9.17) is 11.6 Å². The summed E-state index contributed by atoms with van der Waals surface area (Å²) < 4.78 is 38.1. The van der Waals surface area contributed by atoms with Crippen molar-refractivity contribution in [2.45, 2.75) is 19.1 Å². The number of rotatable bonds is 3. The molecule has 1 aliphatic heterocycles. The van der Waals surface area contributed by atoms with Gasteiger partial charge in [0.1, 0.15) is 5.82 Å². The van der Waals surface area contributed by atoms with Gasteiger partial charge < -0.3 is 10.2 Å². The maximum Gasteiger partial charge on any atom is 0.417 e. The number of piperazine rings is 1. The Balaban J connectivity index is 1.98. The molecule has 2 heterocycles. The highest BCUT2D eigenvalue weighted by Gasteiger charge is 2.33. The van der Waals surface area contributed by atoms with Crippen molar-refractivity contribution >= 4 is 29.4 Å². The zero-order chi connectivity index (χ0) is 19.5. The Kier molecular flexibility index (Phi) is 6.30. The van der Waals surface area contributed by atoms with Gasteiger partial charge in [-0.25, -0.2) is 9.78 Å². The molecule has 0 aromatic carbocycles. The minimum Gasteiger partial charge on any atom is -0.353 e. The topological polar surface area (TPSA) is 77.6 Å². The third-order valence-corrected chi connectivity index (χ3v) is 4.43. The van der Waals surface area contributed by atoms with Crippen LogP contribution in [-0.4, -0.2) is 61.1 Å². The van der Waals surface area contributed by atoms with Crippen molar-refractivity contribution in [2.24, 2.45) is 0 Å². The predicted molar refractivity (Wildman–Crippen MR) is 90.1 cm³/mol. The lowest BCUT2D eigenvalue weighted by Gasteiger charge is -2.38. The van der Waals surface area contributed by atoms with E-state index in [1.165, 1.54) is 7.05 Å². The van der Waals surface area contributed by atoms with E-state index in [0.717, 1.165) is 12.3 Å². The third-order valence-electron chi connectivity index (χ3n) is 4.15. The van der Waals surface area contributed by atoms with E-state index >= 15 is 0 Å². The molecule has 1 atom stereocenters. The Bertz CT molecular complexity index is 678. The van der Waals surface area contributed by atoms with E-state index in [1.807, 2.05) is 4.90 Å². The standard InChI is InChI=1S/C15H19ClF3N5O2/c1-9(13(25)22-14(26)20-2)23-3-5-24(6-4-23)12-11(16)7-10(8-21-12)15(17,18)19/h7-9H,3-6H2,1-2H3,(H2,20,22,25,26)/t9-/m1/s1. The summed E-state index contributed by atoms with van der Waals surface area (Å²) in [4.78, 5) is 30.7. The molecule has 0 unspecified atom stereocenters. The number of alkyl halides is 3. The molecule has 2 N–H and O–H groups in total. The molecular weight excluding hydrogens is 375 g/mol. The number of carbonyl (C=O) groups excluding carboxylic acids is 2. The monoisotopic (exact) mass is 393 g/mol. The number of amides is 3. The van der Waals surface area contributed by atoms with Gasteiger partial charge in [0.15, 0.2) is 0 Å². The number of imide groups is 1. The van der Waals surface area contributed by atoms with Crippen molar-refractivity contribution in [3.05, 3.63) is 22.8 Å². The molecule has 0 spiro atoms. The number of hydrogen-bond acceptors (Lipinski definition) is 5. The maximum absolute atomic E-state index is 12.7. The summed E-state index contributed by atoms with van der Waals surface area (Å²) >= 11 is 5.97. The van der Waals surface area contributed by atoms with Gasteiger partial charge in [-0.05, 0) is 13.0 Å². The smallest absolute Gasteiger partial charge is 0.353 e. The van der Waals surface area contributed by atoms with Crippen molar-refractivity contribution in [3.63, 3.8) is 0 Å². The van der Waals surface area contributed by atoms with Crippen LogP contribution in [0.15, 0.2) is 12.3 Å². The quantitative estimate of drug-likeness (QED) is 0.817. The van der Waals surface area contributed by atoms with Crippen LogP contribution in [0.25, 0.3) is 0 Å². The molecule has 0 saturated carbocycles. The molecule has 3 amide bonds. The lowest BCUT2D eigenvalue weighted by Crippen LogP contribution is -2.55. The molecule has 0 aliphatic carbocycles. The number of halogens is 4. The summed E-state index contributed by atoms with van der Waals surface area (Å²) in [5.74, 6) is -0.148. The Morgan fingerprint density at radius 1 is 1.27 bits per heavy atom. The van der Waals surface area contributed by atoms with E-state index in [2.05, 4.69) is 15.6 Å². The van der Waals surface area contributed by atoms with E-state index in [9.17, 15) is 22.8 Å². The molecule has 7 nitrogen and oxygen atoms in total. The number of pyridine rings is 1. The van der Waals surface area contributed by atoms with Crippen LogP contribution < -0.4 is 15.5 Å². The zero-order valence-electron chi connectivity index (χ0n) is 14.2. The fraction of sp³-hybridized carbons (Fsp3) is 0.533. The normalized spacial score (nSPS) is 16.9. The van der Waals surface area contributed by atoms with Crippen LogP contribution >= 0.6 is 11.6 Å². The molecule has 1 aromatic heterocycles. The van der Waals surface area contributed by atoms with Gasteiger partial charge in [-0.3, -0.25) is 15.0 Å². The van der Waals surface area contributed by atoms with Gasteiger partial charge >= 0.3 is 12.2 Å². The van der Waals surface area contributed by atoms with Gasteiger partial charge in [-0.15, -0.1) is 0 Å². The molecule has 144 valence electrons. The van der Waals surface area contributed by atoms with Gasteiger partial charge in [0.05, 0.1) is 16.6 Å². The first-order valence-corrected chi connectivity index (χ1v) is 8.25. The first-order valence-electron chi connectivity index (χ1n) is 7.87. The summed E-state index contributed by atoms with van der Waals surface area (Å²) in [6, 6.07) is -0.248. The van der Waals surface area contributed by atoms with Gasteiger partial charge in [0.25, 0.3) is 0 Å². The summed E-state index contributed by atoms with van der Waals surface area (Å²) in [7, 11) is 1.41. The van der Waals surface area contributed by atoms with Crippen molar-refractivity contribution < 1.29 is 22.8 Å². The summed E-state index contributed by atoms with van der Waals surface area (Å²) in [6.07, 6.45) is -3.74. The SMILES string of the molecule is CNC(=O)NC(=O)[C@@H](C)N1CCN(c2ncc(C(F)(F)F)cc2Cl)CC1. The van der Waals surface area contributed by atoms with Crippen LogP contribution in [0.1, 0.15) is 12.5 Å².